The first-order valence-electron chi connectivity index (χ1n) is 4.98. The largest absolute Gasteiger partial charge is 0.297 e. The topological polar surface area (TPSA) is 65.7 Å². The van der Waals surface area contributed by atoms with Crippen LogP contribution in [0.1, 0.15) is 22.8 Å². The lowest BCUT2D eigenvalue weighted by molar-refractivity contribution is 0.101. The number of carbonyl (C=O) groups excluding carboxylic acids is 1. The quantitative estimate of drug-likeness (QED) is 0.753. The van der Waals surface area contributed by atoms with E-state index in [1.54, 1.807) is 25.1 Å². The summed E-state index contributed by atoms with van der Waals surface area (Å²) in [4.78, 5) is 22.5. The summed E-state index contributed by atoms with van der Waals surface area (Å²) in [5, 5.41) is 5.33. The zero-order valence-electron chi connectivity index (χ0n) is 9.13. The fourth-order valence-corrected chi connectivity index (χ4v) is 1.60. The van der Waals surface area contributed by atoms with Gasteiger partial charge in [-0.25, -0.2) is 0 Å². The number of aromatic amines is 2. The molecule has 2 aromatic rings. The molecule has 0 radical (unpaired) electrons. The Morgan fingerprint density at radius 3 is 2.56 bits per heavy atom. The zero-order chi connectivity index (χ0) is 11.7. The van der Waals surface area contributed by atoms with E-state index in [2.05, 4.69) is 10.2 Å². The van der Waals surface area contributed by atoms with Gasteiger partial charge >= 0.3 is 0 Å². The summed E-state index contributed by atoms with van der Waals surface area (Å²) in [5.74, 6) is 0.0115. The molecular formula is C12H12N2O2. The van der Waals surface area contributed by atoms with Crippen LogP contribution in [-0.4, -0.2) is 16.0 Å². The van der Waals surface area contributed by atoms with Crippen LogP contribution in [-0.2, 0) is 0 Å². The molecule has 1 aromatic carbocycles. The zero-order valence-corrected chi connectivity index (χ0v) is 9.13. The molecule has 0 unspecified atom stereocenters. The number of benzene rings is 1. The van der Waals surface area contributed by atoms with E-state index < -0.39 is 0 Å². The lowest BCUT2D eigenvalue weighted by Gasteiger charge is -2.01. The molecule has 0 fully saturated rings. The van der Waals surface area contributed by atoms with Crippen molar-refractivity contribution in [2.75, 3.05) is 0 Å². The molecule has 1 aromatic heterocycles. The van der Waals surface area contributed by atoms with Crippen molar-refractivity contribution in [3.8, 4) is 11.3 Å². The number of nitrogens with one attached hydrogen (secondary N) is 2. The predicted molar refractivity (Wildman–Crippen MR) is 61.6 cm³/mol. The average molecular weight is 216 g/mol. The van der Waals surface area contributed by atoms with Crippen LogP contribution in [0.25, 0.3) is 11.3 Å². The van der Waals surface area contributed by atoms with E-state index in [4.69, 9.17) is 0 Å². The van der Waals surface area contributed by atoms with Crippen LogP contribution in [0.3, 0.4) is 0 Å². The third kappa shape index (κ3) is 1.69. The molecule has 2 rings (SSSR count). The Morgan fingerprint density at radius 1 is 1.25 bits per heavy atom. The summed E-state index contributed by atoms with van der Waals surface area (Å²) < 4.78 is 0. The lowest BCUT2D eigenvalue weighted by Crippen LogP contribution is -2.00. The number of Topliss-reactive ketones (excluding diaryl/α,β-unsaturated/α-hetero) is 1. The smallest absolute Gasteiger partial charge is 0.267 e. The highest BCUT2D eigenvalue weighted by Gasteiger charge is 2.08. The highest BCUT2D eigenvalue weighted by molar-refractivity contribution is 5.95. The van der Waals surface area contributed by atoms with E-state index in [0.717, 1.165) is 11.3 Å². The standard InChI is InChI=1S/C12H12N2O2/c1-7-11(13-14-12(7)16)10-5-3-4-9(6-10)8(2)15/h3-6H,1-2H3,(H2,13,14,16). The molecule has 16 heavy (non-hydrogen) atoms. The molecule has 0 saturated heterocycles. The number of hydrogen-bond donors (Lipinski definition) is 2. The summed E-state index contributed by atoms with van der Waals surface area (Å²) in [5.41, 5.74) is 2.69. The van der Waals surface area contributed by atoms with Crippen LogP contribution in [0, 0.1) is 6.92 Å². The lowest BCUT2D eigenvalue weighted by atomic mass is 10.0. The molecule has 4 nitrogen and oxygen atoms in total. The molecule has 0 aliphatic rings. The van der Waals surface area contributed by atoms with Crippen LogP contribution in [0.4, 0.5) is 0 Å². The summed E-state index contributed by atoms with van der Waals surface area (Å²) in [6, 6.07) is 7.19. The van der Waals surface area contributed by atoms with Crippen molar-refractivity contribution < 1.29 is 4.79 Å². The molecule has 4 heteroatoms. The van der Waals surface area contributed by atoms with Gasteiger partial charge in [-0.15, -0.1) is 0 Å². The number of H-pyrrole nitrogens is 2. The Labute approximate surface area is 92.3 Å². The highest BCUT2D eigenvalue weighted by atomic mass is 16.1. The molecule has 82 valence electrons. The van der Waals surface area contributed by atoms with E-state index in [1.807, 2.05) is 6.07 Å². The number of carbonyl (C=O) groups is 1. The monoisotopic (exact) mass is 216 g/mol. The first-order valence-corrected chi connectivity index (χ1v) is 4.98. The van der Waals surface area contributed by atoms with Crippen molar-refractivity contribution in [3.63, 3.8) is 0 Å². The molecule has 2 N–H and O–H groups in total. The normalized spacial score (nSPS) is 10.4. The molecule has 0 atom stereocenters. The van der Waals surface area contributed by atoms with Gasteiger partial charge in [0, 0.05) is 16.7 Å². The number of rotatable bonds is 2. The molecular weight excluding hydrogens is 204 g/mol. The summed E-state index contributed by atoms with van der Waals surface area (Å²) in [7, 11) is 0. The molecule has 0 aliphatic carbocycles. The van der Waals surface area contributed by atoms with E-state index in [9.17, 15) is 9.59 Å². The van der Waals surface area contributed by atoms with Crippen molar-refractivity contribution >= 4 is 5.78 Å². The maximum Gasteiger partial charge on any atom is 0.267 e. The molecule has 0 bridgehead atoms. The first kappa shape index (κ1) is 10.4. The molecule has 0 aliphatic heterocycles. The van der Waals surface area contributed by atoms with Gasteiger partial charge in [-0.2, -0.15) is 0 Å². The minimum atomic E-state index is -0.136. The molecule has 1 heterocycles. The van der Waals surface area contributed by atoms with Crippen molar-refractivity contribution in [1.29, 1.82) is 0 Å². The Balaban J connectivity index is 2.57. The van der Waals surface area contributed by atoms with Crippen molar-refractivity contribution in [1.82, 2.24) is 10.2 Å². The Kier molecular flexibility index (Phi) is 2.48. The Morgan fingerprint density at radius 2 is 2.00 bits per heavy atom. The van der Waals surface area contributed by atoms with Gasteiger partial charge in [0.2, 0.25) is 0 Å². The van der Waals surface area contributed by atoms with Gasteiger partial charge in [0.1, 0.15) is 0 Å². The predicted octanol–water partition coefficient (Wildman–Crippen LogP) is 1.88. The summed E-state index contributed by atoms with van der Waals surface area (Å²) in [6.45, 7) is 3.26. The van der Waals surface area contributed by atoms with E-state index in [0.29, 0.717) is 11.1 Å². The highest BCUT2D eigenvalue weighted by Crippen LogP contribution is 2.19. The van der Waals surface area contributed by atoms with Gasteiger partial charge in [0.25, 0.3) is 5.56 Å². The van der Waals surface area contributed by atoms with Crippen LogP contribution in [0.2, 0.25) is 0 Å². The number of ketones is 1. The fraction of sp³-hybridized carbons (Fsp3) is 0.167. The van der Waals surface area contributed by atoms with Crippen LogP contribution >= 0.6 is 0 Å². The van der Waals surface area contributed by atoms with Crippen LogP contribution in [0.15, 0.2) is 29.1 Å². The third-order valence-corrected chi connectivity index (χ3v) is 2.57. The van der Waals surface area contributed by atoms with Crippen molar-refractivity contribution in [2.24, 2.45) is 0 Å². The fourth-order valence-electron chi connectivity index (χ4n) is 1.60. The first-order chi connectivity index (χ1) is 7.59. The molecule has 0 amide bonds. The van der Waals surface area contributed by atoms with Crippen LogP contribution < -0.4 is 5.56 Å². The number of hydrogen-bond acceptors (Lipinski definition) is 2. The maximum atomic E-state index is 11.3. The molecule has 0 saturated carbocycles. The average Bonchev–Trinajstić information content (AvgIpc) is 2.60. The third-order valence-electron chi connectivity index (χ3n) is 2.57. The SMILES string of the molecule is CC(=O)c1cccc(-c2[nH][nH]c(=O)c2C)c1. The summed E-state index contributed by atoms with van der Waals surface area (Å²) >= 11 is 0. The molecule has 0 spiro atoms. The van der Waals surface area contributed by atoms with E-state index >= 15 is 0 Å². The van der Waals surface area contributed by atoms with Gasteiger partial charge in [-0.1, -0.05) is 18.2 Å². The second kappa shape index (κ2) is 3.81. The second-order valence-electron chi connectivity index (χ2n) is 3.72. The van der Waals surface area contributed by atoms with Crippen molar-refractivity contribution in [2.45, 2.75) is 13.8 Å². The van der Waals surface area contributed by atoms with Gasteiger partial charge < -0.3 is 0 Å². The number of aromatic nitrogens is 2. The van der Waals surface area contributed by atoms with Crippen LogP contribution in [0.5, 0.6) is 0 Å². The summed E-state index contributed by atoms with van der Waals surface area (Å²) in [6.07, 6.45) is 0. The Hall–Kier alpha value is -2.10. The van der Waals surface area contributed by atoms with Gasteiger partial charge in [-0.3, -0.25) is 19.8 Å². The van der Waals surface area contributed by atoms with Crippen molar-refractivity contribution in [3.05, 3.63) is 45.7 Å². The minimum Gasteiger partial charge on any atom is -0.297 e. The van der Waals surface area contributed by atoms with Gasteiger partial charge in [-0.05, 0) is 19.9 Å². The Bertz CT molecular complexity index is 593. The van der Waals surface area contributed by atoms with Gasteiger partial charge in [0.15, 0.2) is 5.78 Å². The van der Waals surface area contributed by atoms with E-state index in [1.165, 1.54) is 6.92 Å². The second-order valence-corrected chi connectivity index (χ2v) is 3.72. The maximum absolute atomic E-state index is 11.3. The van der Waals surface area contributed by atoms with E-state index in [-0.39, 0.29) is 11.3 Å². The van der Waals surface area contributed by atoms with Gasteiger partial charge in [0.05, 0.1) is 5.69 Å². The minimum absolute atomic E-state index is 0.0115.